The van der Waals surface area contributed by atoms with Gasteiger partial charge in [0.1, 0.15) is 11.2 Å². The van der Waals surface area contributed by atoms with E-state index < -0.39 is 5.41 Å². The van der Waals surface area contributed by atoms with Crippen LogP contribution >= 0.6 is 0 Å². The zero-order valence-electron chi connectivity index (χ0n) is 40.2. The van der Waals surface area contributed by atoms with Crippen LogP contribution in [-0.4, -0.2) is 0 Å². The Balaban J connectivity index is 0.911. The average molecular weight is 920 g/mol. The molecular formula is C70H49NO. The molecule has 0 bridgehead atoms. The number of furan rings is 1. The second-order valence-corrected chi connectivity index (χ2v) is 19.9. The molecule has 2 aliphatic rings. The van der Waals surface area contributed by atoms with Gasteiger partial charge in [-0.15, -0.1) is 0 Å². The third-order valence-corrected chi connectivity index (χ3v) is 15.8. The van der Waals surface area contributed by atoms with Crippen molar-refractivity contribution in [3.63, 3.8) is 0 Å². The first-order valence-corrected chi connectivity index (χ1v) is 25.1. The van der Waals surface area contributed by atoms with E-state index in [4.69, 9.17) is 4.42 Å². The summed E-state index contributed by atoms with van der Waals surface area (Å²) in [5.41, 5.74) is 24.2. The smallest absolute Gasteiger partial charge is 0.143 e. The molecule has 0 amide bonds. The number of para-hydroxylation sites is 1. The summed E-state index contributed by atoms with van der Waals surface area (Å²) in [6.45, 7) is 4.71. The maximum atomic E-state index is 7.06. The van der Waals surface area contributed by atoms with Crippen molar-refractivity contribution in [3.05, 3.63) is 294 Å². The van der Waals surface area contributed by atoms with E-state index in [0.29, 0.717) is 0 Å². The van der Waals surface area contributed by atoms with Gasteiger partial charge in [-0.1, -0.05) is 238 Å². The molecule has 1 aromatic heterocycles. The van der Waals surface area contributed by atoms with Gasteiger partial charge in [-0.25, -0.2) is 0 Å². The van der Waals surface area contributed by atoms with Crippen LogP contribution < -0.4 is 4.90 Å². The van der Waals surface area contributed by atoms with Crippen molar-refractivity contribution in [2.45, 2.75) is 24.7 Å². The van der Waals surface area contributed by atoms with Crippen molar-refractivity contribution in [2.75, 3.05) is 4.90 Å². The normalized spacial score (nSPS) is 13.6. The van der Waals surface area contributed by atoms with Crippen LogP contribution in [0.2, 0.25) is 0 Å². The van der Waals surface area contributed by atoms with Crippen LogP contribution in [0.3, 0.4) is 0 Å². The van der Waals surface area contributed by atoms with Crippen LogP contribution in [0.1, 0.15) is 47.2 Å². The molecule has 340 valence electrons. The van der Waals surface area contributed by atoms with Gasteiger partial charge >= 0.3 is 0 Å². The third-order valence-electron chi connectivity index (χ3n) is 15.8. The first-order chi connectivity index (χ1) is 35.5. The number of hydrogen-bond acceptors (Lipinski definition) is 2. The Hall–Kier alpha value is -8.98. The van der Waals surface area contributed by atoms with Gasteiger partial charge in [0.05, 0.1) is 16.5 Å². The molecule has 72 heavy (non-hydrogen) atoms. The number of anilines is 3. The van der Waals surface area contributed by atoms with Crippen molar-refractivity contribution in [1.29, 1.82) is 0 Å². The second kappa shape index (κ2) is 16.3. The molecule has 0 atom stereocenters. The fourth-order valence-electron chi connectivity index (χ4n) is 12.4. The molecule has 0 saturated heterocycles. The lowest BCUT2D eigenvalue weighted by atomic mass is 9.67. The number of rotatable bonds is 8. The Bertz CT molecular complexity index is 3990. The summed E-state index contributed by atoms with van der Waals surface area (Å²) >= 11 is 0. The molecule has 0 saturated carbocycles. The van der Waals surface area contributed by atoms with E-state index in [2.05, 4.69) is 280 Å². The van der Waals surface area contributed by atoms with Crippen LogP contribution in [0.25, 0.3) is 77.6 Å². The van der Waals surface area contributed by atoms with Gasteiger partial charge < -0.3 is 9.32 Å². The highest BCUT2D eigenvalue weighted by Gasteiger charge is 2.46. The lowest BCUT2D eigenvalue weighted by molar-refractivity contribution is 0.660. The summed E-state index contributed by atoms with van der Waals surface area (Å²) in [5, 5.41) is 2.16. The highest BCUT2D eigenvalue weighted by atomic mass is 16.3. The maximum Gasteiger partial charge on any atom is 0.143 e. The first-order valence-electron chi connectivity index (χ1n) is 25.1. The number of fused-ring (bicyclic) bond motifs is 9. The number of benzene rings is 11. The minimum Gasteiger partial charge on any atom is -0.455 e. The topological polar surface area (TPSA) is 16.4 Å². The van der Waals surface area contributed by atoms with E-state index in [1.165, 1.54) is 77.9 Å². The van der Waals surface area contributed by atoms with E-state index >= 15 is 0 Å². The molecule has 11 aromatic carbocycles. The van der Waals surface area contributed by atoms with E-state index in [0.717, 1.165) is 50.1 Å². The summed E-state index contributed by atoms with van der Waals surface area (Å²) in [6, 6.07) is 95.8. The Morgan fingerprint density at radius 3 is 1.40 bits per heavy atom. The maximum absolute atomic E-state index is 7.06. The second-order valence-electron chi connectivity index (χ2n) is 19.9. The fourth-order valence-corrected chi connectivity index (χ4v) is 12.4. The molecule has 14 rings (SSSR count). The van der Waals surface area contributed by atoms with Gasteiger partial charge in [0, 0.05) is 27.7 Å². The molecule has 1 heterocycles. The number of hydrogen-bond donors (Lipinski definition) is 0. The first kappa shape index (κ1) is 41.9. The Labute approximate surface area is 420 Å². The molecule has 0 aliphatic heterocycles. The van der Waals surface area contributed by atoms with Crippen molar-refractivity contribution in [3.8, 4) is 55.6 Å². The molecule has 0 unspecified atom stereocenters. The summed E-state index contributed by atoms with van der Waals surface area (Å²) in [5.74, 6) is 0. The van der Waals surface area contributed by atoms with Gasteiger partial charge in [0.25, 0.3) is 0 Å². The summed E-state index contributed by atoms with van der Waals surface area (Å²) in [6.07, 6.45) is 0. The summed E-state index contributed by atoms with van der Waals surface area (Å²) in [7, 11) is 0. The summed E-state index contributed by atoms with van der Waals surface area (Å²) < 4.78 is 7.06. The molecule has 2 heteroatoms. The Morgan fingerprint density at radius 1 is 0.333 bits per heavy atom. The Morgan fingerprint density at radius 2 is 0.792 bits per heavy atom. The molecule has 0 radical (unpaired) electrons. The van der Waals surface area contributed by atoms with Crippen molar-refractivity contribution in [1.82, 2.24) is 0 Å². The highest BCUT2D eigenvalue weighted by molar-refractivity contribution is 6.16. The predicted molar refractivity (Wildman–Crippen MR) is 300 cm³/mol. The van der Waals surface area contributed by atoms with Crippen molar-refractivity contribution in [2.24, 2.45) is 0 Å². The lowest BCUT2D eigenvalue weighted by Crippen LogP contribution is -2.28. The van der Waals surface area contributed by atoms with E-state index in [9.17, 15) is 0 Å². The van der Waals surface area contributed by atoms with E-state index in [1.54, 1.807) is 0 Å². The van der Waals surface area contributed by atoms with Gasteiger partial charge in [0.2, 0.25) is 0 Å². The molecule has 0 spiro atoms. The molecule has 2 aliphatic carbocycles. The number of nitrogens with zero attached hydrogens (tertiary/aromatic N) is 1. The molecule has 0 N–H and O–H groups in total. The monoisotopic (exact) mass is 919 g/mol. The standard InChI is InChI=1S/C70H49NO/c1-69(2)61-26-12-9-21-56(61)59-44-43-54(45-64(59)69)71(53-41-35-49(36-42-53)47-19-7-4-8-20-47)65-29-16-30-66-67(65)60-25-15-24-55(68(60)72-66)50-33-39-52(40-34-50)70(51-37-31-48(32-38-51)46-17-5-3-6-18-46)62-27-13-10-22-57(62)58-23-11-14-28-63(58)70/h3-45H,1-2H3. The van der Waals surface area contributed by atoms with E-state index in [-0.39, 0.29) is 5.41 Å². The molecular weight excluding hydrogens is 871 g/mol. The third kappa shape index (κ3) is 6.28. The van der Waals surface area contributed by atoms with Crippen LogP contribution in [0.5, 0.6) is 0 Å². The van der Waals surface area contributed by atoms with Gasteiger partial charge in [-0.2, -0.15) is 0 Å². The van der Waals surface area contributed by atoms with Crippen LogP contribution in [-0.2, 0) is 10.8 Å². The Kier molecular flexibility index (Phi) is 9.50. The van der Waals surface area contributed by atoms with E-state index in [1.807, 2.05) is 0 Å². The van der Waals surface area contributed by atoms with Crippen LogP contribution in [0, 0.1) is 0 Å². The minimum atomic E-state index is -0.514. The quantitative estimate of drug-likeness (QED) is 0.151. The fraction of sp³-hybridized carbons (Fsp3) is 0.0571. The lowest BCUT2D eigenvalue weighted by Gasteiger charge is -2.34. The molecule has 2 nitrogen and oxygen atoms in total. The zero-order valence-corrected chi connectivity index (χ0v) is 40.2. The van der Waals surface area contributed by atoms with Gasteiger partial charge in [-0.05, 0) is 120 Å². The summed E-state index contributed by atoms with van der Waals surface area (Å²) in [4.78, 5) is 2.43. The van der Waals surface area contributed by atoms with Crippen LogP contribution in [0.4, 0.5) is 17.1 Å². The van der Waals surface area contributed by atoms with Gasteiger partial charge in [-0.3, -0.25) is 0 Å². The highest BCUT2D eigenvalue weighted by Crippen LogP contribution is 2.57. The average Bonchev–Trinajstić information content (AvgIpc) is 4.06. The predicted octanol–water partition coefficient (Wildman–Crippen LogP) is 18.7. The van der Waals surface area contributed by atoms with Crippen molar-refractivity contribution < 1.29 is 4.42 Å². The van der Waals surface area contributed by atoms with Crippen LogP contribution in [0.15, 0.2) is 265 Å². The minimum absolute atomic E-state index is 0.152. The van der Waals surface area contributed by atoms with Gasteiger partial charge in [0.15, 0.2) is 0 Å². The van der Waals surface area contributed by atoms with Crippen molar-refractivity contribution >= 4 is 39.0 Å². The molecule has 0 fully saturated rings. The molecule has 12 aromatic rings. The largest absolute Gasteiger partial charge is 0.455 e. The SMILES string of the molecule is CC1(C)c2ccccc2-c2ccc(N(c3ccc(-c4ccccc4)cc3)c3cccc4oc5c(-c6ccc(C7(c8ccc(-c9ccccc9)cc8)c8ccccc8-c8ccccc87)cc6)cccc5c34)cc21. The zero-order chi connectivity index (χ0) is 48.0.